The number of nitrogens with one attached hydrogen (secondary N) is 10. The predicted octanol–water partition coefficient (Wildman–Crippen LogP) is -1.69. The van der Waals surface area contributed by atoms with Gasteiger partial charge in [-0.2, -0.15) is 0 Å². The van der Waals surface area contributed by atoms with E-state index in [-0.39, 0.29) is 94.8 Å². The Morgan fingerprint density at radius 1 is 0.511 bits per heavy atom. The molecule has 0 bridgehead atoms. The molecule has 31 nitrogen and oxygen atoms in total. The van der Waals surface area contributed by atoms with E-state index in [1.807, 2.05) is 45.0 Å². The average molecular weight is 1260 g/mol. The smallest absolute Gasteiger partial charge is 0.326 e. The van der Waals surface area contributed by atoms with Gasteiger partial charge in [0.05, 0.1) is 12.4 Å². The number of amides is 8. The molecule has 2 heterocycles. The summed E-state index contributed by atoms with van der Waals surface area (Å²) in [5.41, 5.74) is 41.1. The molecule has 500 valence electrons. The number of guanidine groups is 3. The Bertz CT molecular complexity index is 2900. The van der Waals surface area contributed by atoms with Crippen LogP contribution in [-0.4, -0.2) is 165 Å². The van der Waals surface area contributed by atoms with Crippen LogP contribution in [0.3, 0.4) is 0 Å². The first-order valence-electron chi connectivity index (χ1n) is 30.7. The van der Waals surface area contributed by atoms with E-state index < -0.39 is 125 Å². The normalized spacial score (nSPS) is 15.2. The van der Waals surface area contributed by atoms with E-state index in [1.54, 1.807) is 40.8 Å². The van der Waals surface area contributed by atoms with Crippen molar-refractivity contribution < 1.29 is 48.3 Å². The van der Waals surface area contributed by atoms with Gasteiger partial charge in [-0.25, -0.2) is 9.78 Å². The number of H-pyrrole nitrogens is 2. The zero-order valence-electron chi connectivity index (χ0n) is 53.1. The lowest BCUT2D eigenvalue weighted by atomic mass is 9.94. The van der Waals surface area contributed by atoms with E-state index in [0.717, 1.165) is 10.9 Å². The van der Waals surface area contributed by atoms with Crippen LogP contribution in [0.4, 0.5) is 0 Å². The molecule has 2 aromatic heterocycles. The molecule has 0 spiro atoms. The number of aliphatic imine (C=N–C) groups is 3. The number of benzene rings is 1. The van der Waals surface area contributed by atoms with Crippen LogP contribution in [0, 0.1) is 23.7 Å². The van der Waals surface area contributed by atoms with Gasteiger partial charge in [0, 0.05) is 61.5 Å². The zero-order valence-corrected chi connectivity index (χ0v) is 53.1. The average Bonchev–Trinajstić information content (AvgIpc) is 2.27. The van der Waals surface area contributed by atoms with Crippen LogP contribution in [0.25, 0.3) is 10.9 Å². The van der Waals surface area contributed by atoms with Gasteiger partial charge in [-0.05, 0) is 80.2 Å². The number of fused-ring (bicyclic) bond motifs is 1. The van der Waals surface area contributed by atoms with Crippen molar-refractivity contribution in [1.82, 2.24) is 57.5 Å². The Kier molecular flexibility index (Phi) is 32.1. The van der Waals surface area contributed by atoms with Crippen molar-refractivity contribution in [3.05, 3.63) is 54.2 Å². The van der Waals surface area contributed by atoms with Crippen LogP contribution >= 0.6 is 0 Å². The summed E-state index contributed by atoms with van der Waals surface area (Å²) in [6.07, 6.45) is 6.34. The van der Waals surface area contributed by atoms with Crippen LogP contribution in [0.2, 0.25) is 0 Å². The molecular formula is C59H99N21O10. The lowest BCUT2D eigenvalue weighted by molar-refractivity contribution is -0.142. The topological polar surface area (TPSA) is 534 Å². The Morgan fingerprint density at radius 3 is 1.38 bits per heavy atom. The van der Waals surface area contributed by atoms with E-state index in [9.17, 15) is 43.5 Å². The monoisotopic (exact) mass is 1260 g/mol. The van der Waals surface area contributed by atoms with Crippen molar-refractivity contribution in [3.8, 4) is 0 Å². The number of aliphatic carboxylic acids is 1. The molecule has 0 aliphatic heterocycles. The number of imidazole rings is 1. The molecule has 0 aliphatic carbocycles. The number of hydrogen-bond donors (Lipinski definition) is 18. The van der Waals surface area contributed by atoms with E-state index in [1.165, 1.54) is 12.5 Å². The second-order valence-corrected chi connectivity index (χ2v) is 23.2. The largest absolute Gasteiger partial charge is 0.480 e. The van der Waals surface area contributed by atoms with Gasteiger partial charge in [0.1, 0.15) is 48.3 Å². The third kappa shape index (κ3) is 25.6. The highest BCUT2D eigenvalue weighted by Crippen LogP contribution is 2.21. The number of aromatic amines is 2. The standard InChI is InChI=1S/C59H99N21O10/c1-9-32(6)45(78-48(81)38(60)18-14-22-68-57(61)62)53(86)74-41(21-16-24-70-59(65)66)50(83)79-46(33(7)10-2)55(88)76-43(26-35-28-71-39-19-13-12-17-37(35)39)52(85)80-47(34(8)11-3)54(87)75-42(25-31(4)5)51(84)73-40(20-15-23-69-58(63)64)49(82)77-44(56(89)90)27-36-29-67-30-72-36/h12-13,17,19,28-34,38,40-47,71H,9-11,14-16,18,20-27,60H2,1-8H3,(H,67,72)(H,73,84)(H,74,86)(H,75,87)(H,76,88)(H,77,82)(H,78,81)(H,79,83)(H,80,85)(H,89,90)(H4,61,62,68)(H4,63,64,69)(H4,65,66,70)/t32-,33-,34-,38-,40-,41-,42-,43-,44-,45-,46-,47-/m0/s1. The number of hydrogen-bond acceptors (Lipinski definition) is 14. The fourth-order valence-electron chi connectivity index (χ4n) is 9.65. The molecule has 0 fully saturated rings. The number of carbonyl (C=O) groups excluding carboxylic acids is 8. The molecule has 31 heteroatoms. The van der Waals surface area contributed by atoms with Gasteiger partial charge in [-0.3, -0.25) is 53.3 Å². The summed E-state index contributed by atoms with van der Waals surface area (Å²) in [6, 6.07) is -4.19. The number of carbonyl (C=O) groups is 9. The Labute approximate surface area is 525 Å². The van der Waals surface area contributed by atoms with Crippen molar-refractivity contribution in [2.24, 2.45) is 78.8 Å². The SMILES string of the molecule is CC[C@H](C)[C@H](NC(=O)[C@H](Cc1c[nH]c2ccccc12)NC(=O)[C@@H](NC(=O)[C@H](CCCN=C(N)N)NC(=O)[C@@H](NC(=O)[C@@H](N)CCCN=C(N)N)[C@@H](C)CC)[C@@H](C)CC)C(=O)N[C@@H](CC(C)C)C(=O)N[C@@H](CCCN=C(N)N)C(=O)N[C@@H](Cc1cnc[nH]1)C(=O)O. The number of carboxylic acid groups (broad SMARTS) is 1. The highest BCUT2D eigenvalue weighted by atomic mass is 16.4. The molecule has 1 aromatic carbocycles. The summed E-state index contributed by atoms with van der Waals surface area (Å²) in [4.78, 5) is 149. The maximum Gasteiger partial charge on any atom is 0.326 e. The molecule has 0 radical (unpaired) electrons. The second kappa shape index (κ2) is 38.4. The van der Waals surface area contributed by atoms with Crippen molar-refractivity contribution in [2.45, 2.75) is 187 Å². The molecule has 90 heavy (non-hydrogen) atoms. The van der Waals surface area contributed by atoms with E-state index >= 15 is 4.79 Å². The number of nitrogens with zero attached hydrogens (tertiary/aromatic N) is 4. The Balaban J connectivity index is 2.01. The maximum atomic E-state index is 15.0. The van der Waals surface area contributed by atoms with Gasteiger partial charge in [0.25, 0.3) is 0 Å². The highest BCUT2D eigenvalue weighted by molar-refractivity contribution is 5.99. The summed E-state index contributed by atoms with van der Waals surface area (Å²) in [5.74, 6) is -9.62. The summed E-state index contributed by atoms with van der Waals surface area (Å²) in [7, 11) is 0. The minimum Gasteiger partial charge on any atom is -0.480 e. The quantitative estimate of drug-likeness (QED) is 0.0171. The summed E-state index contributed by atoms with van der Waals surface area (Å²) in [5, 5.41) is 32.9. The molecular weight excluding hydrogens is 1160 g/mol. The highest BCUT2D eigenvalue weighted by Gasteiger charge is 2.38. The molecule has 25 N–H and O–H groups in total. The molecule has 0 unspecified atom stereocenters. The maximum absolute atomic E-state index is 15.0. The number of aromatic nitrogens is 3. The minimum absolute atomic E-state index is 0.0177. The first kappa shape index (κ1) is 75.2. The fraction of sp³-hybridized carbons (Fsp3) is 0.610. The number of carboxylic acids is 1. The summed E-state index contributed by atoms with van der Waals surface area (Å²) < 4.78 is 0. The molecule has 0 saturated heterocycles. The fourth-order valence-corrected chi connectivity index (χ4v) is 9.65. The van der Waals surface area contributed by atoms with Crippen molar-refractivity contribution in [1.29, 1.82) is 0 Å². The number of rotatable bonds is 41. The predicted molar refractivity (Wildman–Crippen MR) is 343 cm³/mol. The van der Waals surface area contributed by atoms with Crippen molar-refractivity contribution in [2.75, 3.05) is 19.6 Å². The van der Waals surface area contributed by atoms with Crippen LogP contribution in [0.15, 0.2) is 58.0 Å². The molecule has 3 aromatic rings. The molecule has 3 rings (SSSR count). The third-order valence-electron chi connectivity index (χ3n) is 15.5. The first-order valence-corrected chi connectivity index (χ1v) is 30.7. The molecule has 8 amide bonds. The lowest BCUT2D eigenvalue weighted by Gasteiger charge is -2.31. The summed E-state index contributed by atoms with van der Waals surface area (Å²) >= 11 is 0. The summed E-state index contributed by atoms with van der Waals surface area (Å²) in [6.45, 7) is 14.7. The molecule has 12 atom stereocenters. The van der Waals surface area contributed by atoms with Crippen molar-refractivity contribution in [3.63, 3.8) is 0 Å². The number of nitrogens with two attached hydrogens (primary N) is 7. The van der Waals surface area contributed by atoms with Crippen LogP contribution in [-0.2, 0) is 56.0 Å². The molecule has 0 aliphatic rings. The Morgan fingerprint density at radius 2 is 0.922 bits per heavy atom. The van der Waals surface area contributed by atoms with E-state index in [2.05, 4.69) is 72.5 Å². The van der Waals surface area contributed by atoms with E-state index in [0.29, 0.717) is 36.9 Å². The van der Waals surface area contributed by atoms with Crippen molar-refractivity contribution >= 4 is 82.0 Å². The third-order valence-corrected chi connectivity index (χ3v) is 15.5. The van der Waals surface area contributed by atoms with Gasteiger partial charge in [0.2, 0.25) is 47.3 Å². The van der Waals surface area contributed by atoms with Gasteiger partial charge < -0.3 is 97.7 Å². The van der Waals surface area contributed by atoms with Gasteiger partial charge in [-0.15, -0.1) is 0 Å². The van der Waals surface area contributed by atoms with Crippen LogP contribution in [0.5, 0.6) is 0 Å². The van der Waals surface area contributed by atoms with Crippen LogP contribution < -0.4 is 82.7 Å². The minimum atomic E-state index is -1.42. The zero-order chi connectivity index (χ0) is 67.2. The van der Waals surface area contributed by atoms with Gasteiger partial charge in [-0.1, -0.05) is 92.9 Å². The Hall–Kier alpha value is -9.03. The number of para-hydroxylation sites is 1. The second-order valence-electron chi connectivity index (χ2n) is 23.2. The van der Waals surface area contributed by atoms with E-state index in [4.69, 9.17) is 40.1 Å². The lowest BCUT2D eigenvalue weighted by Crippen LogP contribution is -2.62. The van der Waals surface area contributed by atoms with Gasteiger partial charge in [0.15, 0.2) is 17.9 Å². The van der Waals surface area contributed by atoms with Crippen LogP contribution in [0.1, 0.15) is 131 Å². The molecule has 0 saturated carbocycles. The first-order chi connectivity index (χ1) is 42.6. The van der Waals surface area contributed by atoms with Gasteiger partial charge >= 0.3 is 5.97 Å².